The monoisotopic (exact) mass is 297 g/mol. The van der Waals surface area contributed by atoms with Crippen molar-refractivity contribution in [3.05, 3.63) is 29.8 Å². The van der Waals surface area contributed by atoms with E-state index in [-0.39, 0.29) is 6.04 Å². The lowest BCUT2D eigenvalue weighted by Crippen LogP contribution is -2.26. The Morgan fingerprint density at radius 1 is 1.24 bits per heavy atom. The maximum atomic E-state index is 12.5. The van der Waals surface area contributed by atoms with E-state index in [0.717, 1.165) is 25.1 Å². The van der Waals surface area contributed by atoms with Gasteiger partial charge in [0.15, 0.2) is 5.82 Å². The molecule has 0 bridgehead atoms. The Morgan fingerprint density at radius 2 is 1.95 bits per heavy atom. The molecule has 0 saturated carbocycles. The number of nitrogens with one attached hydrogen (secondary N) is 1. The molecule has 1 aliphatic heterocycles. The van der Waals surface area contributed by atoms with Crippen LogP contribution in [-0.4, -0.2) is 34.3 Å². The molecule has 3 N–H and O–H groups in total. The molecular weight excluding hydrogens is 283 g/mol. The summed E-state index contributed by atoms with van der Waals surface area (Å²) in [4.78, 5) is 6.26. The zero-order chi connectivity index (χ0) is 15.0. The minimum absolute atomic E-state index is 0.109. The molecule has 3 rings (SSSR count). The van der Waals surface area contributed by atoms with E-state index in [9.17, 15) is 13.2 Å². The van der Waals surface area contributed by atoms with Gasteiger partial charge in [0.05, 0.1) is 5.56 Å². The number of aromatic amines is 1. The van der Waals surface area contributed by atoms with Crippen molar-refractivity contribution in [1.29, 1.82) is 0 Å². The number of nitrogens with zero attached hydrogens (tertiary/aromatic N) is 3. The molecule has 0 radical (unpaired) electrons. The van der Waals surface area contributed by atoms with Crippen molar-refractivity contribution >= 4 is 5.95 Å². The van der Waals surface area contributed by atoms with Gasteiger partial charge in [-0.25, -0.2) is 0 Å². The van der Waals surface area contributed by atoms with E-state index >= 15 is 0 Å². The molecule has 0 spiro atoms. The van der Waals surface area contributed by atoms with Gasteiger partial charge in [0.25, 0.3) is 0 Å². The van der Waals surface area contributed by atoms with E-state index in [0.29, 0.717) is 23.9 Å². The minimum Gasteiger partial charge on any atom is -0.338 e. The van der Waals surface area contributed by atoms with E-state index in [1.165, 1.54) is 12.1 Å². The first-order valence-corrected chi connectivity index (χ1v) is 6.54. The van der Waals surface area contributed by atoms with Crippen molar-refractivity contribution in [1.82, 2.24) is 15.2 Å². The van der Waals surface area contributed by atoms with E-state index < -0.39 is 11.7 Å². The third-order valence-electron chi connectivity index (χ3n) is 3.47. The lowest BCUT2D eigenvalue weighted by Gasteiger charge is -2.11. The lowest BCUT2D eigenvalue weighted by atomic mass is 10.1. The Kier molecular flexibility index (Phi) is 3.32. The van der Waals surface area contributed by atoms with Gasteiger partial charge < -0.3 is 10.6 Å². The Hall–Kier alpha value is -2.09. The zero-order valence-corrected chi connectivity index (χ0v) is 11.1. The van der Waals surface area contributed by atoms with Crippen molar-refractivity contribution in [2.24, 2.45) is 5.73 Å². The lowest BCUT2D eigenvalue weighted by molar-refractivity contribution is -0.137. The van der Waals surface area contributed by atoms with Crippen molar-refractivity contribution in [2.45, 2.75) is 18.6 Å². The summed E-state index contributed by atoms with van der Waals surface area (Å²) in [7, 11) is 0. The third-order valence-corrected chi connectivity index (χ3v) is 3.47. The SMILES string of the molecule is NC1CCN(c2n[nH]c(-c3ccc(C(F)(F)F)cc3)n2)C1. The summed E-state index contributed by atoms with van der Waals surface area (Å²) < 4.78 is 37.5. The van der Waals surface area contributed by atoms with E-state index in [1.54, 1.807) is 0 Å². The number of anilines is 1. The smallest absolute Gasteiger partial charge is 0.338 e. The van der Waals surface area contributed by atoms with Gasteiger partial charge in [-0.05, 0) is 18.6 Å². The highest BCUT2D eigenvalue weighted by atomic mass is 19.4. The van der Waals surface area contributed by atoms with Crippen LogP contribution in [0.15, 0.2) is 24.3 Å². The van der Waals surface area contributed by atoms with Gasteiger partial charge in [-0.2, -0.15) is 18.2 Å². The highest BCUT2D eigenvalue weighted by Crippen LogP contribution is 2.30. The van der Waals surface area contributed by atoms with Gasteiger partial charge in [0.1, 0.15) is 0 Å². The van der Waals surface area contributed by atoms with E-state index in [4.69, 9.17) is 5.73 Å². The van der Waals surface area contributed by atoms with E-state index in [2.05, 4.69) is 15.2 Å². The maximum absolute atomic E-state index is 12.5. The molecule has 8 heteroatoms. The van der Waals surface area contributed by atoms with Crippen molar-refractivity contribution < 1.29 is 13.2 Å². The number of halogens is 3. The number of nitrogens with two attached hydrogens (primary N) is 1. The molecule has 21 heavy (non-hydrogen) atoms. The molecule has 2 heterocycles. The molecule has 1 aromatic carbocycles. The van der Waals surface area contributed by atoms with Crippen LogP contribution in [0, 0.1) is 0 Å². The minimum atomic E-state index is -4.34. The Morgan fingerprint density at radius 3 is 2.52 bits per heavy atom. The van der Waals surface area contributed by atoms with Gasteiger partial charge in [-0.1, -0.05) is 12.1 Å². The zero-order valence-electron chi connectivity index (χ0n) is 11.1. The molecule has 1 aromatic heterocycles. The summed E-state index contributed by atoms with van der Waals surface area (Å²) in [6.45, 7) is 1.47. The number of H-pyrrole nitrogens is 1. The first-order chi connectivity index (χ1) is 9.93. The summed E-state index contributed by atoms with van der Waals surface area (Å²) in [6, 6.07) is 4.93. The fourth-order valence-electron chi connectivity index (χ4n) is 2.31. The van der Waals surface area contributed by atoms with Crippen LogP contribution in [0.1, 0.15) is 12.0 Å². The predicted octanol–water partition coefficient (Wildman–Crippen LogP) is 2.03. The molecule has 0 aliphatic carbocycles. The van der Waals surface area contributed by atoms with Gasteiger partial charge in [-0.3, -0.25) is 5.10 Å². The normalized spacial score (nSPS) is 19.2. The molecule has 5 nitrogen and oxygen atoms in total. The quantitative estimate of drug-likeness (QED) is 0.889. The van der Waals surface area contributed by atoms with Crippen molar-refractivity contribution in [3.8, 4) is 11.4 Å². The van der Waals surface area contributed by atoms with Crippen LogP contribution in [0.3, 0.4) is 0 Å². The second kappa shape index (κ2) is 5.03. The number of hydrogen-bond acceptors (Lipinski definition) is 4. The summed E-state index contributed by atoms with van der Waals surface area (Å²) in [5.74, 6) is 0.969. The molecule has 0 amide bonds. The van der Waals surface area contributed by atoms with Crippen LogP contribution in [0.25, 0.3) is 11.4 Å². The molecule has 2 aromatic rings. The molecule has 112 valence electrons. The molecule has 1 aliphatic rings. The van der Waals surface area contributed by atoms with Gasteiger partial charge in [-0.15, -0.1) is 5.10 Å². The van der Waals surface area contributed by atoms with Crippen LogP contribution >= 0.6 is 0 Å². The summed E-state index contributed by atoms with van der Waals surface area (Å²) >= 11 is 0. The van der Waals surface area contributed by atoms with Crippen molar-refractivity contribution in [3.63, 3.8) is 0 Å². The standard InChI is InChI=1S/C13H14F3N5/c14-13(15,16)9-3-1-8(2-4-9)11-18-12(20-19-11)21-6-5-10(17)7-21/h1-4,10H,5-7,17H2,(H,18,19,20). The number of benzene rings is 1. The number of aromatic nitrogens is 3. The molecule has 1 fully saturated rings. The van der Waals surface area contributed by atoms with Crippen LogP contribution < -0.4 is 10.6 Å². The Labute approximate surface area is 119 Å². The predicted molar refractivity (Wildman–Crippen MR) is 71.6 cm³/mol. The van der Waals surface area contributed by atoms with Gasteiger partial charge in [0, 0.05) is 24.7 Å². The van der Waals surface area contributed by atoms with Crippen molar-refractivity contribution in [2.75, 3.05) is 18.0 Å². The largest absolute Gasteiger partial charge is 0.416 e. The molecule has 1 unspecified atom stereocenters. The average molecular weight is 297 g/mol. The van der Waals surface area contributed by atoms with Crippen LogP contribution in [0.5, 0.6) is 0 Å². The van der Waals surface area contributed by atoms with Gasteiger partial charge >= 0.3 is 6.18 Å². The number of rotatable bonds is 2. The fourth-order valence-corrected chi connectivity index (χ4v) is 2.31. The summed E-state index contributed by atoms with van der Waals surface area (Å²) in [5.41, 5.74) is 5.70. The maximum Gasteiger partial charge on any atom is 0.416 e. The van der Waals surface area contributed by atoms with E-state index in [1.807, 2.05) is 4.90 Å². The number of hydrogen-bond donors (Lipinski definition) is 2. The second-order valence-electron chi connectivity index (χ2n) is 5.05. The highest BCUT2D eigenvalue weighted by molar-refractivity contribution is 5.57. The van der Waals surface area contributed by atoms with Gasteiger partial charge in [0.2, 0.25) is 5.95 Å². The first kappa shape index (κ1) is 13.9. The molecular formula is C13H14F3N5. The number of alkyl halides is 3. The first-order valence-electron chi connectivity index (χ1n) is 6.54. The average Bonchev–Trinajstić information content (AvgIpc) is 3.06. The molecule has 1 atom stereocenters. The Balaban J connectivity index is 1.80. The highest BCUT2D eigenvalue weighted by Gasteiger charge is 2.30. The summed E-state index contributed by atoms with van der Waals surface area (Å²) in [5, 5.41) is 6.84. The van der Waals surface area contributed by atoms with Crippen LogP contribution in [-0.2, 0) is 6.18 Å². The second-order valence-corrected chi connectivity index (χ2v) is 5.05. The Bertz CT molecular complexity index is 619. The third kappa shape index (κ3) is 2.85. The summed E-state index contributed by atoms with van der Waals surface area (Å²) in [6.07, 6.45) is -3.46. The van der Waals surface area contributed by atoms with Crippen LogP contribution in [0.2, 0.25) is 0 Å². The molecule has 1 saturated heterocycles. The van der Waals surface area contributed by atoms with Crippen LogP contribution in [0.4, 0.5) is 19.1 Å². The topological polar surface area (TPSA) is 70.8 Å². The fraction of sp³-hybridized carbons (Fsp3) is 0.385.